The molecule has 0 aliphatic carbocycles. The fourth-order valence-electron chi connectivity index (χ4n) is 1.07. The summed E-state index contributed by atoms with van der Waals surface area (Å²) in [6.45, 7) is 3.15. The van der Waals surface area contributed by atoms with Crippen LogP contribution in [-0.2, 0) is 13.1 Å². The van der Waals surface area contributed by atoms with Crippen LogP contribution < -0.4 is 11.3 Å². The van der Waals surface area contributed by atoms with E-state index >= 15 is 0 Å². The highest BCUT2D eigenvalue weighted by Gasteiger charge is 1.97. The number of aromatic nitrogens is 2. The maximum absolute atomic E-state index is 11.3. The third kappa shape index (κ3) is 2.66. The highest BCUT2D eigenvalue weighted by atomic mass is 16.1. The SMILES string of the molecule is CCCCn1nc(CN)ccc1=O. The molecule has 13 heavy (non-hydrogen) atoms. The van der Waals surface area contributed by atoms with E-state index in [9.17, 15) is 4.79 Å². The smallest absolute Gasteiger partial charge is 0.266 e. The van der Waals surface area contributed by atoms with Crippen LogP contribution in [0.3, 0.4) is 0 Å². The van der Waals surface area contributed by atoms with E-state index in [-0.39, 0.29) is 5.56 Å². The first kappa shape index (κ1) is 9.92. The van der Waals surface area contributed by atoms with Crippen molar-refractivity contribution in [3.8, 4) is 0 Å². The molecule has 0 spiro atoms. The molecule has 0 unspecified atom stereocenters. The van der Waals surface area contributed by atoms with E-state index in [1.54, 1.807) is 6.07 Å². The van der Waals surface area contributed by atoms with E-state index in [2.05, 4.69) is 12.0 Å². The summed E-state index contributed by atoms with van der Waals surface area (Å²) in [4.78, 5) is 11.3. The quantitative estimate of drug-likeness (QED) is 0.735. The van der Waals surface area contributed by atoms with Crippen molar-refractivity contribution in [3.05, 3.63) is 28.2 Å². The van der Waals surface area contributed by atoms with Gasteiger partial charge in [0.2, 0.25) is 0 Å². The van der Waals surface area contributed by atoms with Gasteiger partial charge in [0.05, 0.1) is 5.69 Å². The number of rotatable bonds is 4. The second kappa shape index (κ2) is 4.77. The molecule has 0 aliphatic heterocycles. The highest BCUT2D eigenvalue weighted by molar-refractivity contribution is 4.99. The molecule has 0 bridgehead atoms. The van der Waals surface area contributed by atoms with Gasteiger partial charge in [-0.3, -0.25) is 4.79 Å². The van der Waals surface area contributed by atoms with Gasteiger partial charge >= 0.3 is 0 Å². The summed E-state index contributed by atoms with van der Waals surface area (Å²) >= 11 is 0. The lowest BCUT2D eigenvalue weighted by Gasteiger charge is -2.04. The normalized spacial score (nSPS) is 10.3. The minimum Gasteiger partial charge on any atom is -0.325 e. The van der Waals surface area contributed by atoms with Crippen molar-refractivity contribution in [1.82, 2.24) is 9.78 Å². The van der Waals surface area contributed by atoms with Crippen molar-refractivity contribution < 1.29 is 0 Å². The van der Waals surface area contributed by atoms with E-state index in [1.807, 2.05) is 0 Å². The summed E-state index contributed by atoms with van der Waals surface area (Å²) in [5.41, 5.74) is 6.13. The predicted molar refractivity (Wildman–Crippen MR) is 51.3 cm³/mol. The molecule has 4 heteroatoms. The van der Waals surface area contributed by atoms with Gasteiger partial charge in [0.25, 0.3) is 5.56 Å². The fraction of sp³-hybridized carbons (Fsp3) is 0.556. The lowest BCUT2D eigenvalue weighted by Crippen LogP contribution is -2.23. The summed E-state index contributed by atoms with van der Waals surface area (Å²) < 4.78 is 1.48. The average Bonchev–Trinajstić information content (AvgIpc) is 2.17. The van der Waals surface area contributed by atoms with Crippen molar-refractivity contribution in [2.45, 2.75) is 32.9 Å². The zero-order valence-electron chi connectivity index (χ0n) is 7.86. The highest BCUT2D eigenvalue weighted by Crippen LogP contribution is 1.92. The number of hydrogen-bond donors (Lipinski definition) is 1. The molecule has 0 aliphatic rings. The Morgan fingerprint density at radius 3 is 2.92 bits per heavy atom. The minimum atomic E-state index is -0.0503. The summed E-state index contributed by atoms with van der Waals surface area (Å²) in [6, 6.07) is 3.19. The lowest BCUT2D eigenvalue weighted by atomic mass is 10.3. The molecule has 1 rings (SSSR count). The van der Waals surface area contributed by atoms with Crippen molar-refractivity contribution in [2.75, 3.05) is 0 Å². The first-order valence-electron chi connectivity index (χ1n) is 4.55. The van der Waals surface area contributed by atoms with Gasteiger partial charge < -0.3 is 5.73 Å². The van der Waals surface area contributed by atoms with Gasteiger partial charge in [-0.25, -0.2) is 4.68 Å². The molecule has 0 radical (unpaired) electrons. The summed E-state index contributed by atoms with van der Waals surface area (Å²) in [6.07, 6.45) is 2.03. The maximum atomic E-state index is 11.3. The maximum Gasteiger partial charge on any atom is 0.266 e. The lowest BCUT2D eigenvalue weighted by molar-refractivity contribution is 0.533. The van der Waals surface area contributed by atoms with Gasteiger partial charge in [0, 0.05) is 19.2 Å². The van der Waals surface area contributed by atoms with Crippen molar-refractivity contribution in [2.24, 2.45) is 5.73 Å². The first-order valence-corrected chi connectivity index (χ1v) is 4.55. The molecule has 0 aromatic carbocycles. The van der Waals surface area contributed by atoms with Crippen molar-refractivity contribution in [3.63, 3.8) is 0 Å². The molecule has 72 valence electrons. The number of nitrogens with two attached hydrogens (primary N) is 1. The van der Waals surface area contributed by atoms with E-state index in [4.69, 9.17) is 5.73 Å². The van der Waals surface area contributed by atoms with Crippen molar-refractivity contribution >= 4 is 0 Å². The number of unbranched alkanes of at least 4 members (excludes halogenated alkanes) is 1. The standard InChI is InChI=1S/C9H15N3O/c1-2-3-6-12-9(13)5-4-8(7-10)11-12/h4-5H,2-3,6-7,10H2,1H3. The van der Waals surface area contributed by atoms with Crippen LogP contribution in [0.4, 0.5) is 0 Å². The number of nitrogens with zero attached hydrogens (tertiary/aromatic N) is 2. The third-order valence-electron chi connectivity index (χ3n) is 1.85. The van der Waals surface area contributed by atoms with Gasteiger partial charge in [-0.1, -0.05) is 13.3 Å². The number of hydrogen-bond acceptors (Lipinski definition) is 3. The van der Waals surface area contributed by atoms with Crippen LogP contribution in [0.25, 0.3) is 0 Å². The third-order valence-corrected chi connectivity index (χ3v) is 1.85. The van der Waals surface area contributed by atoms with Crippen LogP contribution in [0.2, 0.25) is 0 Å². The second-order valence-electron chi connectivity index (χ2n) is 2.94. The van der Waals surface area contributed by atoms with Crippen LogP contribution in [0.15, 0.2) is 16.9 Å². The van der Waals surface area contributed by atoms with Gasteiger partial charge in [-0.05, 0) is 12.5 Å². The molecule has 1 aromatic rings. The zero-order chi connectivity index (χ0) is 9.68. The minimum absolute atomic E-state index is 0.0503. The monoisotopic (exact) mass is 181 g/mol. The summed E-state index contributed by atoms with van der Waals surface area (Å²) in [5.74, 6) is 0. The van der Waals surface area contributed by atoms with Crippen molar-refractivity contribution in [1.29, 1.82) is 0 Å². The van der Waals surface area contributed by atoms with Crippen LogP contribution in [-0.4, -0.2) is 9.78 Å². The number of aryl methyl sites for hydroxylation is 1. The molecule has 0 fully saturated rings. The Morgan fingerprint density at radius 1 is 1.54 bits per heavy atom. The Labute approximate surface area is 77.4 Å². The zero-order valence-corrected chi connectivity index (χ0v) is 7.86. The summed E-state index contributed by atoms with van der Waals surface area (Å²) in [5, 5.41) is 4.11. The fourth-order valence-corrected chi connectivity index (χ4v) is 1.07. The Hall–Kier alpha value is -1.16. The molecule has 1 aromatic heterocycles. The molecule has 0 saturated carbocycles. The molecule has 2 N–H and O–H groups in total. The van der Waals surface area contributed by atoms with E-state index < -0.39 is 0 Å². The Kier molecular flexibility index (Phi) is 3.64. The van der Waals surface area contributed by atoms with Crippen LogP contribution in [0.1, 0.15) is 25.5 Å². The van der Waals surface area contributed by atoms with E-state index in [0.29, 0.717) is 13.1 Å². The molecule has 4 nitrogen and oxygen atoms in total. The Bertz CT molecular complexity index is 319. The van der Waals surface area contributed by atoms with Gasteiger partial charge in [0.15, 0.2) is 0 Å². The topological polar surface area (TPSA) is 60.9 Å². The van der Waals surface area contributed by atoms with Gasteiger partial charge in [0.1, 0.15) is 0 Å². The largest absolute Gasteiger partial charge is 0.325 e. The molecular formula is C9H15N3O. The van der Waals surface area contributed by atoms with Crippen LogP contribution in [0, 0.1) is 0 Å². The van der Waals surface area contributed by atoms with Gasteiger partial charge in [-0.2, -0.15) is 5.10 Å². The van der Waals surface area contributed by atoms with Gasteiger partial charge in [-0.15, -0.1) is 0 Å². The van der Waals surface area contributed by atoms with Crippen LogP contribution in [0.5, 0.6) is 0 Å². The van der Waals surface area contributed by atoms with E-state index in [1.165, 1.54) is 10.7 Å². The Morgan fingerprint density at radius 2 is 2.31 bits per heavy atom. The van der Waals surface area contributed by atoms with E-state index in [0.717, 1.165) is 18.5 Å². The predicted octanol–water partition coefficient (Wildman–Crippen LogP) is 0.502. The molecular weight excluding hydrogens is 166 g/mol. The molecule has 0 atom stereocenters. The molecule has 1 heterocycles. The first-order chi connectivity index (χ1) is 6.27. The Balaban J connectivity index is 2.84. The summed E-state index contributed by atoms with van der Waals surface area (Å²) in [7, 11) is 0. The van der Waals surface area contributed by atoms with Crippen LogP contribution >= 0.6 is 0 Å². The second-order valence-corrected chi connectivity index (χ2v) is 2.94. The molecule has 0 saturated heterocycles. The average molecular weight is 181 g/mol. The molecule has 0 amide bonds.